The van der Waals surface area contributed by atoms with Gasteiger partial charge in [0.2, 0.25) is 5.89 Å². The lowest BCUT2D eigenvalue weighted by molar-refractivity contribution is 0.601. The molecule has 0 aliphatic carbocycles. The SMILES string of the molecule is c1ccc(-c2nc(-c3ccccc3)nc(-c3ccc(-c4ccc(-c5cccc6oc7c(ccc8nc(-c9cnccn9)oc87)c56)c5ccccc45)cc3)n2)cc1. The summed E-state index contributed by atoms with van der Waals surface area (Å²) in [5.74, 6) is 2.30. The number of hydrogen-bond acceptors (Lipinski definition) is 8. The summed E-state index contributed by atoms with van der Waals surface area (Å²) in [6, 6.07) is 51.7. The molecule has 0 unspecified atom stereocenters. The summed E-state index contributed by atoms with van der Waals surface area (Å²) in [5, 5.41) is 4.26. The van der Waals surface area contributed by atoms with Crippen LogP contribution < -0.4 is 0 Å². The Morgan fingerprint density at radius 1 is 0.393 bits per heavy atom. The van der Waals surface area contributed by atoms with E-state index in [0.717, 1.165) is 66.1 Å². The van der Waals surface area contributed by atoms with Gasteiger partial charge in [0.1, 0.15) is 16.8 Å². The molecule has 0 aliphatic rings. The summed E-state index contributed by atoms with van der Waals surface area (Å²) in [4.78, 5) is 27.9. The molecule has 11 aromatic rings. The van der Waals surface area contributed by atoms with Crippen LogP contribution in [0.1, 0.15) is 0 Å². The summed E-state index contributed by atoms with van der Waals surface area (Å²) < 4.78 is 12.8. The maximum Gasteiger partial charge on any atom is 0.247 e. The number of hydrogen-bond donors (Lipinski definition) is 0. The van der Waals surface area contributed by atoms with E-state index in [1.54, 1.807) is 18.6 Å². The second kappa shape index (κ2) is 12.9. The van der Waals surface area contributed by atoms with E-state index >= 15 is 0 Å². The lowest BCUT2D eigenvalue weighted by atomic mass is 9.90. The van der Waals surface area contributed by atoms with Crippen LogP contribution in [-0.4, -0.2) is 29.9 Å². The first-order chi connectivity index (χ1) is 27.7. The second-order valence-electron chi connectivity index (χ2n) is 13.5. The molecule has 0 bridgehead atoms. The Labute approximate surface area is 319 Å². The smallest absolute Gasteiger partial charge is 0.247 e. The zero-order chi connectivity index (χ0) is 37.0. The lowest BCUT2D eigenvalue weighted by Crippen LogP contribution is -2.00. The van der Waals surface area contributed by atoms with Gasteiger partial charge in [-0.15, -0.1) is 0 Å². The number of oxazole rings is 1. The Balaban J connectivity index is 1.00. The van der Waals surface area contributed by atoms with E-state index in [4.69, 9.17) is 23.8 Å². The first-order valence-electron chi connectivity index (χ1n) is 18.3. The fourth-order valence-electron chi connectivity index (χ4n) is 7.54. The van der Waals surface area contributed by atoms with Gasteiger partial charge in [-0.05, 0) is 51.2 Å². The van der Waals surface area contributed by atoms with Gasteiger partial charge in [0.05, 0.1) is 6.20 Å². The van der Waals surface area contributed by atoms with Crippen LogP contribution in [0.4, 0.5) is 0 Å². The van der Waals surface area contributed by atoms with Crippen LogP contribution in [0, 0.1) is 0 Å². The molecule has 0 atom stereocenters. The van der Waals surface area contributed by atoms with E-state index < -0.39 is 0 Å². The van der Waals surface area contributed by atoms with E-state index in [1.807, 2.05) is 78.9 Å². The molecule has 11 rings (SSSR count). The van der Waals surface area contributed by atoms with E-state index in [1.165, 1.54) is 0 Å². The zero-order valence-electron chi connectivity index (χ0n) is 29.7. The number of fused-ring (bicyclic) bond motifs is 6. The molecule has 4 heterocycles. The van der Waals surface area contributed by atoms with Crippen molar-refractivity contribution in [2.45, 2.75) is 0 Å². The number of nitrogens with zero attached hydrogens (tertiary/aromatic N) is 6. The minimum atomic E-state index is 0.401. The molecule has 0 spiro atoms. The van der Waals surface area contributed by atoms with Gasteiger partial charge < -0.3 is 8.83 Å². The molecule has 0 radical (unpaired) electrons. The highest BCUT2D eigenvalue weighted by Crippen LogP contribution is 2.43. The van der Waals surface area contributed by atoms with Gasteiger partial charge >= 0.3 is 0 Å². The predicted molar refractivity (Wildman–Crippen MR) is 220 cm³/mol. The molecule has 0 aliphatic heterocycles. The largest absolute Gasteiger partial charge is 0.452 e. The fourth-order valence-corrected chi connectivity index (χ4v) is 7.54. The van der Waals surface area contributed by atoms with E-state index in [0.29, 0.717) is 45.7 Å². The van der Waals surface area contributed by atoms with Gasteiger partial charge in [0, 0.05) is 39.9 Å². The van der Waals surface area contributed by atoms with Crippen molar-refractivity contribution in [2.75, 3.05) is 0 Å². The molecule has 8 heteroatoms. The summed E-state index contributed by atoms with van der Waals surface area (Å²) in [6.45, 7) is 0. The third kappa shape index (κ3) is 5.31. The monoisotopic (exact) mass is 720 g/mol. The molecule has 4 aromatic heterocycles. The molecule has 8 nitrogen and oxygen atoms in total. The van der Waals surface area contributed by atoms with Crippen molar-refractivity contribution < 1.29 is 8.83 Å². The third-order valence-corrected chi connectivity index (χ3v) is 10.2. The van der Waals surface area contributed by atoms with Crippen molar-refractivity contribution >= 4 is 43.8 Å². The molecule has 0 N–H and O–H groups in total. The lowest BCUT2D eigenvalue weighted by Gasteiger charge is -2.13. The predicted octanol–water partition coefficient (Wildman–Crippen LogP) is 11.9. The minimum absolute atomic E-state index is 0.401. The van der Waals surface area contributed by atoms with Crippen LogP contribution in [0.25, 0.3) is 112 Å². The molecule has 0 saturated carbocycles. The maximum absolute atomic E-state index is 6.51. The van der Waals surface area contributed by atoms with Crippen molar-refractivity contribution in [3.8, 4) is 68.0 Å². The molecule has 262 valence electrons. The number of aromatic nitrogens is 6. The molecule has 7 aromatic carbocycles. The second-order valence-corrected chi connectivity index (χ2v) is 13.5. The fraction of sp³-hybridized carbons (Fsp3) is 0. The standard InChI is InChI=1S/C48H28N6O2/c1-3-10-30(11-4-1)45-52-46(31-12-5-2-6-13-31)54-47(53-45)32-20-18-29(19-21-32)33-22-23-36(35-15-8-7-14-34(33)35)37-16-9-17-41-42(37)38-24-25-39-44(43(38)55-41)56-48(51-39)40-28-49-26-27-50-40/h1-28H. The van der Waals surface area contributed by atoms with Gasteiger partial charge in [0.25, 0.3) is 0 Å². The summed E-state index contributed by atoms with van der Waals surface area (Å²) >= 11 is 0. The Morgan fingerprint density at radius 2 is 1.02 bits per heavy atom. The maximum atomic E-state index is 6.51. The Kier molecular flexibility index (Phi) is 7.31. The van der Waals surface area contributed by atoms with Crippen LogP contribution in [0.15, 0.2) is 179 Å². The van der Waals surface area contributed by atoms with Crippen LogP contribution in [0.3, 0.4) is 0 Å². The molecule has 0 fully saturated rings. The summed E-state index contributed by atoms with van der Waals surface area (Å²) in [7, 11) is 0. The molecule has 0 amide bonds. The quantitative estimate of drug-likeness (QED) is 0.167. The number of benzene rings is 7. The highest BCUT2D eigenvalue weighted by molar-refractivity contribution is 6.20. The molecular formula is C48H28N6O2. The van der Waals surface area contributed by atoms with E-state index in [9.17, 15) is 0 Å². The number of furan rings is 1. The van der Waals surface area contributed by atoms with E-state index in [2.05, 4.69) is 87.7 Å². The summed E-state index contributed by atoms with van der Waals surface area (Å²) in [6.07, 6.45) is 4.89. The summed E-state index contributed by atoms with van der Waals surface area (Å²) in [5.41, 5.74) is 10.5. The van der Waals surface area contributed by atoms with Gasteiger partial charge in [-0.1, -0.05) is 133 Å². The average Bonchev–Trinajstić information content (AvgIpc) is 3.89. The normalized spacial score (nSPS) is 11.6. The molecule has 0 saturated heterocycles. The van der Waals surface area contributed by atoms with Crippen LogP contribution in [0.2, 0.25) is 0 Å². The van der Waals surface area contributed by atoms with Gasteiger partial charge in [-0.3, -0.25) is 4.98 Å². The van der Waals surface area contributed by atoms with Crippen molar-refractivity contribution in [1.29, 1.82) is 0 Å². The van der Waals surface area contributed by atoms with Crippen molar-refractivity contribution in [2.24, 2.45) is 0 Å². The van der Waals surface area contributed by atoms with Crippen LogP contribution in [0.5, 0.6) is 0 Å². The Morgan fingerprint density at radius 3 is 1.70 bits per heavy atom. The van der Waals surface area contributed by atoms with Crippen molar-refractivity contribution in [3.63, 3.8) is 0 Å². The van der Waals surface area contributed by atoms with E-state index in [-0.39, 0.29) is 0 Å². The van der Waals surface area contributed by atoms with Crippen LogP contribution in [-0.2, 0) is 0 Å². The third-order valence-electron chi connectivity index (χ3n) is 10.2. The zero-order valence-corrected chi connectivity index (χ0v) is 29.7. The van der Waals surface area contributed by atoms with Gasteiger partial charge in [-0.25, -0.2) is 24.9 Å². The minimum Gasteiger partial charge on any atom is -0.452 e. The van der Waals surface area contributed by atoms with Gasteiger partial charge in [-0.2, -0.15) is 0 Å². The van der Waals surface area contributed by atoms with Crippen molar-refractivity contribution in [1.82, 2.24) is 29.9 Å². The first-order valence-corrected chi connectivity index (χ1v) is 18.3. The Hall–Kier alpha value is -7.84. The highest BCUT2D eigenvalue weighted by Gasteiger charge is 2.21. The topological polar surface area (TPSA) is 104 Å². The number of rotatable bonds is 6. The highest BCUT2D eigenvalue weighted by atomic mass is 16.4. The first kappa shape index (κ1) is 31.7. The van der Waals surface area contributed by atoms with Gasteiger partial charge in [0.15, 0.2) is 28.6 Å². The van der Waals surface area contributed by atoms with Crippen molar-refractivity contribution in [3.05, 3.63) is 170 Å². The molecular weight excluding hydrogens is 693 g/mol. The Bertz CT molecular complexity index is 3180. The van der Waals surface area contributed by atoms with Crippen LogP contribution >= 0.6 is 0 Å². The molecule has 56 heavy (non-hydrogen) atoms. The average molecular weight is 721 g/mol.